The second kappa shape index (κ2) is 6.03. The predicted molar refractivity (Wildman–Crippen MR) is 111 cm³/mol. The number of rotatable bonds is 0. The molecule has 30 heavy (non-hydrogen) atoms. The Kier molecular flexibility index (Phi) is 3.59. The molecule has 154 valence electrons. The maximum Gasteiger partial charge on any atom is 0.274 e. The fourth-order valence-corrected chi connectivity index (χ4v) is 5.53. The largest absolute Gasteiger partial charge is 0.345 e. The molecule has 2 aromatic heterocycles. The van der Waals surface area contributed by atoms with Crippen LogP contribution in [0.25, 0.3) is 5.65 Å². The number of hydrogen-bond acceptors (Lipinski definition) is 4. The van der Waals surface area contributed by atoms with Gasteiger partial charge in [0.2, 0.25) is 0 Å². The first kappa shape index (κ1) is 17.9. The molecule has 3 atom stereocenters. The monoisotopic (exact) mass is 405 g/mol. The van der Waals surface area contributed by atoms with Crippen molar-refractivity contribution in [2.45, 2.75) is 44.2 Å². The minimum Gasteiger partial charge on any atom is -0.345 e. The Morgan fingerprint density at radius 1 is 1.20 bits per heavy atom. The minimum atomic E-state index is -0.189. The number of fused-ring (bicyclic) bond motifs is 3. The first-order chi connectivity index (χ1) is 14.5. The molecule has 0 N–H and O–H groups in total. The molecule has 1 aromatic carbocycles. The molecule has 1 spiro atoms. The third kappa shape index (κ3) is 2.32. The molecule has 6 nitrogen and oxygen atoms in total. The first-order valence-corrected chi connectivity index (χ1v) is 10.7. The van der Waals surface area contributed by atoms with E-state index in [1.165, 1.54) is 5.56 Å². The van der Waals surface area contributed by atoms with Crippen molar-refractivity contribution >= 4 is 17.4 Å². The van der Waals surface area contributed by atoms with E-state index >= 15 is 0 Å². The fourth-order valence-electron chi connectivity index (χ4n) is 5.53. The number of imidazole rings is 1. The second-order valence-electron chi connectivity index (χ2n) is 8.98. The number of aromatic nitrogens is 3. The highest BCUT2D eigenvalue weighted by Crippen LogP contribution is 2.64. The summed E-state index contributed by atoms with van der Waals surface area (Å²) in [4.78, 5) is 21.7. The Bertz CT molecular complexity index is 1190. The highest BCUT2D eigenvalue weighted by molar-refractivity contribution is 5.93. The van der Waals surface area contributed by atoms with E-state index in [9.17, 15) is 9.18 Å². The summed E-state index contributed by atoms with van der Waals surface area (Å²) >= 11 is 0. The van der Waals surface area contributed by atoms with Gasteiger partial charge in [-0.3, -0.25) is 4.79 Å². The molecule has 1 saturated carbocycles. The lowest BCUT2D eigenvalue weighted by atomic mass is 9.92. The molecular weight excluding hydrogens is 381 g/mol. The lowest BCUT2D eigenvalue weighted by Crippen LogP contribution is -2.36. The van der Waals surface area contributed by atoms with Crippen LogP contribution in [0.3, 0.4) is 0 Å². The van der Waals surface area contributed by atoms with Crippen molar-refractivity contribution in [2.24, 2.45) is 5.92 Å². The van der Waals surface area contributed by atoms with E-state index in [-0.39, 0.29) is 23.3 Å². The van der Waals surface area contributed by atoms with Crippen molar-refractivity contribution in [3.8, 4) is 0 Å². The molecule has 6 rings (SSSR count). The summed E-state index contributed by atoms with van der Waals surface area (Å²) in [6.07, 6.45) is 5.33. The standard InChI is InChI=1S/C23H24FN5O/c1-14-3-4-15-5-6-17(24)11-18(15)23-12-16(23)9-10-28(23)21-8-7-20-25-13-19(29(20)26-21)22(30)27(14)2/h5-8,11,13-14,16H,3-4,9-10,12H2,1-2H3/t14-,16+,23-/m1/s1. The van der Waals surface area contributed by atoms with E-state index in [2.05, 4.69) is 16.8 Å². The molecule has 2 bridgehead atoms. The fraction of sp³-hybridized carbons (Fsp3) is 0.435. The minimum absolute atomic E-state index is 0.0390. The molecule has 3 aliphatic rings. The number of anilines is 1. The molecule has 1 aliphatic carbocycles. The van der Waals surface area contributed by atoms with Crippen LogP contribution in [0.4, 0.5) is 10.2 Å². The summed E-state index contributed by atoms with van der Waals surface area (Å²) in [5, 5.41) is 4.84. The van der Waals surface area contributed by atoms with Crippen LogP contribution in [0.1, 0.15) is 47.8 Å². The molecule has 0 radical (unpaired) electrons. The molecule has 2 aliphatic heterocycles. The van der Waals surface area contributed by atoms with Gasteiger partial charge in [-0.1, -0.05) is 6.07 Å². The molecule has 0 unspecified atom stereocenters. The van der Waals surface area contributed by atoms with Gasteiger partial charge in [0.15, 0.2) is 11.3 Å². The van der Waals surface area contributed by atoms with E-state index in [0.717, 1.165) is 43.6 Å². The van der Waals surface area contributed by atoms with Gasteiger partial charge in [-0.05, 0) is 73.9 Å². The van der Waals surface area contributed by atoms with Crippen molar-refractivity contribution in [3.05, 3.63) is 59.2 Å². The van der Waals surface area contributed by atoms with Crippen LogP contribution in [0.15, 0.2) is 36.5 Å². The number of amides is 1. The Labute approximate surface area is 174 Å². The van der Waals surface area contributed by atoms with Crippen LogP contribution in [0.2, 0.25) is 0 Å². The third-order valence-corrected chi connectivity index (χ3v) is 7.45. The maximum atomic E-state index is 14.4. The normalized spacial score (nSPS) is 27.9. The van der Waals surface area contributed by atoms with Gasteiger partial charge in [0.05, 0.1) is 11.7 Å². The second-order valence-corrected chi connectivity index (χ2v) is 8.98. The Morgan fingerprint density at radius 2 is 2.07 bits per heavy atom. The average Bonchev–Trinajstić information content (AvgIpc) is 3.14. The van der Waals surface area contributed by atoms with Crippen molar-refractivity contribution in [2.75, 3.05) is 18.5 Å². The Morgan fingerprint density at radius 3 is 2.90 bits per heavy atom. The number of benzene rings is 1. The number of hydrogen-bond donors (Lipinski definition) is 0. The van der Waals surface area contributed by atoms with E-state index in [4.69, 9.17) is 5.10 Å². The number of carbonyl (C=O) groups excluding carboxylic acids is 1. The summed E-state index contributed by atoms with van der Waals surface area (Å²) in [5.74, 6) is 1.06. The van der Waals surface area contributed by atoms with Crippen molar-refractivity contribution in [3.63, 3.8) is 0 Å². The number of carbonyl (C=O) groups is 1. The van der Waals surface area contributed by atoms with Crippen molar-refractivity contribution in [1.82, 2.24) is 19.5 Å². The predicted octanol–water partition coefficient (Wildman–Crippen LogP) is 3.40. The van der Waals surface area contributed by atoms with Crippen LogP contribution in [-0.4, -0.2) is 45.0 Å². The number of halogens is 1. The SMILES string of the molecule is C[C@@H]1CCc2ccc(F)cc2[C@@]23C[C@@H]2CCN3c2ccc3ncc(n3n2)C(=O)N1C. The van der Waals surface area contributed by atoms with E-state index in [0.29, 0.717) is 17.3 Å². The Hall–Kier alpha value is -2.96. The van der Waals surface area contributed by atoms with Gasteiger partial charge in [-0.15, -0.1) is 5.10 Å². The molecule has 3 aromatic rings. The van der Waals surface area contributed by atoms with Crippen molar-refractivity contribution in [1.29, 1.82) is 0 Å². The molecule has 7 heteroatoms. The van der Waals surface area contributed by atoms with Gasteiger partial charge in [-0.2, -0.15) is 0 Å². The number of piperidine rings is 1. The topological polar surface area (TPSA) is 53.7 Å². The van der Waals surface area contributed by atoms with Gasteiger partial charge < -0.3 is 9.80 Å². The molecular formula is C23H24FN5O. The zero-order chi connectivity index (χ0) is 20.6. The van der Waals surface area contributed by atoms with Crippen LogP contribution in [0.5, 0.6) is 0 Å². The lowest BCUT2D eigenvalue weighted by molar-refractivity contribution is 0.0729. The molecule has 4 heterocycles. The zero-order valence-corrected chi connectivity index (χ0v) is 17.2. The van der Waals surface area contributed by atoms with Crippen LogP contribution in [0, 0.1) is 11.7 Å². The van der Waals surface area contributed by atoms with E-state index in [1.54, 1.807) is 27.7 Å². The number of aryl methyl sites for hydroxylation is 1. The van der Waals surface area contributed by atoms with Crippen molar-refractivity contribution < 1.29 is 9.18 Å². The third-order valence-electron chi connectivity index (χ3n) is 7.45. The zero-order valence-electron chi connectivity index (χ0n) is 17.2. The smallest absolute Gasteiger partial charge is 0.274 e. The van der Waals surface area contributed by atoms with Gasteiger partial charge in [0, 0.05) is 19.6 Å². The van der Waals surface area contributed by atoms with Crippen LogP contribution in [-0.2, 0) is 12.0 Å². The maximum absolute atomic E-state index is 14.4. The highest BCUT2D eigenvalue weighted by atomic mass is 19.1. The summed E-state index contributed by atoms with van der Waals surface area (Å²) in [5.41, 5.74) is 3.22. The first-order valence-electron chi connectivity index (χ1n) is 10.7. The van der Waals surface area contributed by atoms with Gasteiger partial charge in [0.1, 0.15) is 11.6 Å². The average molecular weight is 405 g/mol. The van der Waals surface area contributed by atoms with Gasteiger partial charge in [-0.25, -0.2) is 13.9 Å². The van der Waals surface area contributed by atoms with Crippen LogP contribution < -0.4 is 4.90 Å². The molecule has 2 fully saturated rings. The molecule has 1 amide bonds. The quantitative estimate of drug-likeness (QED) is 0.575. The Balaban J connectivity index is 1.58. The highest BCUT2D eigenvalue weighted by Gasteiger charge is 2.64. The van der Waals surface area contributed by atoms with Crippen LogP contribution >= 0.6 is 0 Å². The number of nitrogens with zero attached hydrogens (tertiary/aromatic N) is 5. The summed E-state index contributed by atoms with van der Waals surface area (Å²) in [6, 6.07) is 9.16. The summed E-state index contributed by atoms with van der Waals surface area (Å²) < 4.78 is 16.0. The summed E-state index contributed by atoms with van der Waals surface area (Å²) in [7, 11) is 1.83. The van der Waals surface area contributed by atoms with E-state index < -0.39 is 0 Å². The van der Waals surface area contributed by atoms with Gasteiger partial charge in [0.25, 0.3) is 5.91 Å². The van der Waals surface area contributed by atoms with Gasteiger partial charge >= 0.3 is 0 Å². The lowest BCUT2D eigenvalue weighted by Gasteiger charge is -2.31. The van der Waals surface area contributed by atoms with E-state index in [1.807, 2.05) is 25.2 Å². The molecule has 1 saturated heterocycles. The summed E-state index contributed by atoms with van der Waals surface area (Å²) in [6.45, 7) is 2.94.